The lowest BCUT2D eigenvalue weighted by atomic mass is 10.00. The maximum absolute atomic E-state index is 14.0. The van der Waals surface area contributed by atoms with E-state index >= 15 is 0 Å². The van der Waals surface area contributed by atoms with Crippen molar-refractivity contribution in [3.8, 4) is 11.5 Å². The zero-order valence-electron chi connectivity index (χ0n) is 13.3. The van der Waals surface area contributed by atoms with Crippen molar-refractivity contribution in [1.82, 2.24) is 0 Å². The van der Waals surface area contributed by atoms with E-state index in [9.17, 15) is 14.0 Å². The van der Waals surface area contributed by atoms with Crippen molar-refractivity contribution in [2.45, 2.75) is 11.8 Å². The summed E-state index contributed by atoms with van der Waals surface area (Å²) in [6.45, 7) is 2.38. The summed E-state index contributed by atoms with van der Waals surface area (Å²) < 4.78 is 25.0. The van der Waals surface area contributed by atoms with Crippen molar-refractivity contribution >= 4 is 33.3 Å². The second-order valence-corrected chi connectivity index (χ2v) is 6.83. The molecule has 1 atom stereocenters. The molecule has 1 N–H and O–H groups in total. The van der Waals surface area contributed by atoms with E-state index in [1.807, 2.05) is 0 Å². The van der Waals surface area contributed by atoms with Gasteiger partial charge in [0.2, 0.25) is 5.91 Å². The van der Waals surface area contributed by atoms with Gasteiger partial charge in [-0.2, -0.15) is 0 Å². The molecule has 2 aromatic rings. The van der Waals surface area contributed by atoms with Gasteiger partial charge in [0.15, 0.2) is 17.3 Å². The number of rotatable bonds is 4. The van der Waals surface area contributed by atoms with Crippen molar-refractivity contribution in [3.05, 3.63) is 53.3 Å². The molecule has 2 aromatic carbocycles. The molecule has 0 saturated carbocycles. The standard InChI is InChI=1S/C18H15BrFNO4/c1-10(19)18(23)21-14-9-16-15(24-6-7-25-16)8-12(14)17(22)11-4-2-3-5-13(11)20/h2-5,8-10H,6-7H2,1H3,(H,21,23). The van der Waals surface area contributed by atoms with Gasteiger partial charge >= 0.3 is 0 Å². The first-order valence-electron chi connectivity index (χ1n) is 7.65. The number of benzene rings is 2. The first kappa shape index (κ1) is 17.4. The third-order valence-electron chi connectivity index (χ3n) is 3.66. The highest BCUT2D eigenvalue weighted by molar-refractivity contribution is 9.10. The number of fused-ring (bicyclic) bond motifs is 1. The van der Waals surface area contributed by atoms with E-state index in [1.165, 1.54) is 30.3 Å². The molecule has 1 aliphatic heterocycles. The van der Waals surface area contributed by atoms with Crippen molar-refractivity contribution in [2.75, 3.05) is 18.5 Å². The van der Waals surface area contributed by atoms with Crippen LogP contribution >= 0.6 is 15.9 Å². The number of carbonyl (C=O) groups is 2. The fourth-order valence-corrected chi connectivity index (χ4v) is 2.52. The molecule has 0 aromatic heterocycles. The van der Waals surface area contributed by atoms with Crippen LogP contribution in [0.15, 0.2) is 36.4 Å². The lowest BCUT2D eigenvalue weighted by molar-refractivity contribution is -0.115. The first-order chi connectivity index (χ1) is 12.0. The van der Waals surface area contributed by atoms with Crippen molar-refractivity contribution < 1.29 is 23.5 Å². The topological polar surface area (TPSA) is 64.6 Å². The Kier molecular flexibility index (Phi) is 5.03. The third kappa shape index (κ3) is 3.66. The molecule has 5 nitrogen and oxygen atoms in total. The van der Waals surface area contributed by atoms with Gasteiger partial charge in [0, 0.05) is 6.07 Å². The van der Waals surface area contributed by atoms with E-state index in [1.54, 1.807) is 13.0 Å². The number of hydrogen-bond donors (Lipinski definition) is 1. The maximum Gasteiger partial charge on any atom is 0.237 e. The predicted molar refractivity (Wildman–Crippen MR) is 94.3 cm³/mol. The van der Waals surface area contributed by atoms with Gasteiger partial charge in [-0.1, -0.05) is 28.1 Å². The van der Waals surface area contributed by atoms with E-state index in [-0.39, 0.29) is 22.7 Å². The van der Waals surface area contributed by atoms with E-state index in [0.29, 0.717) is 24.7 Å². The summed E-state index contributed by atoms with van der Waals surface area (Å²) in [4.78, 5) is 24.4. The van der Waals surface area contributed by atoms with Crippen molar-refractivity contribution in [1.29, 1.82) is 0 Å². The van der Waals surface area contributed by atoms with Gasteiger partial charge in [-0.15, -0.1) is 0 Å². The minimum Gasteiger partial charge on any atom is -0.486 e. The molecule has 25 heavy (non-hydrogen) atoms. The van der Waals surface area contributed by atoms with Gasteiger partial charge in [-0.05, 0) is 25.1 Å². The van der Waals surface area contributed by atoms with Crippen LogP contribution in [-0.2, 0) is 4.79 Å². The zero-order chi connectivity index (χ0) is 18.0. The molecule has 0 saturated heterocycles. The van der Waals surface area contributed by atoms with Crippen LogP contribution < -0.4 is 14.8 Å². The summed E-state index contributed by atoms with van der Waals surface area (Å²) in [7, 11) is 0. The number of ketones is 1. The van der Waals surface area contributed by atoms with Gasteiger partial charge in [0.05, 0.1) is 21.6 Å². The second-order valence-electron chi connectivity index (χ2n) is 5.46. The summed E-state index contributed by atoms with van der Waals surface area (Å²) in [5, 5.41) is 2.67. The van der Waals surface area contributed by atoms with Crippen LogP contribution in [0.3, 0.4) is 0 Å². The highest BCUT2D eigenvalue weighted by Gasteiger charge is 2.24. The molecule has 0 fully saturated rings. The quantitative estimate of drug-likeness (QED) is 0.621. The summed E-state index contributed by atoms with van der Waals surface area (Å²) in [5.41, 5.74) is 0.297. The van der Waals surface area contributed by atoms with Gasteiger partial charge in [0.25, 0.3) is 0 Å². The third-order valence-corrected chi connectivity index (χ3v) is 4.08. The first-order valence-corrected chi connectivity index (χ1v) is 8.56. The summed E-state index contributed by atoms with van der Waals surface area (Å²) in [6, 6.07) is 8.68. The highest BCUT2D eigenvalue weighted by atomic mass is 79.9. The SMILES string of the molecule is CC(Br)C(=O)Nc1cc2c(cc1C(=O)c1ccccc1F)OCCO2. The van der Waals surface area contributed by atoms with Crippen LogP contribution in [0.25, 0.3) is 0 Å². The van der Waals surface area contributed by atoms with Crippen molar-refractivity contribution in [3.63, 3.8) is 0 Å². The van der Waals surface area contributed by atoms with Crippen molar-refractivity contribution in [2.24, 2.45) is 0 Å². The molecule has 1 heterocycles. The molecule has 0 spiro atoms. The number of hydrogen-bond acceptors (Lipinski definition) is 4. The lowest BCUT2D eigenvalue weighted by Gasteiger charge is -2.21. The van der Waals surface area contributed by atoms with E-state index in [2.05, 4.69) is 21.2 Å². The number of amides is 1. The van der Waals surface area contributed by atoms with Crippen LogP contribution in [0.4, 0.5) is 10.1 Å². The maximum atomic E-state index is 14.0. The normalized spacial score (nSPS) is 13.9. The Balaban J connectivity index is 2.08. The van der Waals surface area contributed by atoms with E-state index in [0.717, 1.165) is 0 Å². The summed E-state index contributed by atoms with van der Waals surface area (Å²) in [6.07, 6.45) is 0. The van der Waals surface area contributed by atoms with Gasteiger partial charge in [0.1, 0.15) is 19.0 Å². The smallest absolute Gasteiger partial charge is 0.237 e. The molecule has 0 bridgehead atoms. The number of ether oxygens (including phenoxy) is 2. The average Bonchev–Trinajstić information content (AvgIpc) is 2.61. The van der Waals surface area contributed by atoms with Crippen LogP contribution in [0, 0.1) is 5.82 Å². The average molecular weight is 408 g/mol. The number of halogens is 2. The molecule has 0 aliphatic carbocycles. The Morgan fingerprint density at radius 3 is 2.40 bits per heavy atom. The molecule has 0 radical (unpaired) electrons. The molecular weight excluding hydrogens is 393 g/mol. The molecule has 1 amide bonds. The number of nitrogens with one attached hydrogen (secondary N) is 1. The Morgan fingerprint density at radius 1 is 1.12 bits per heavy atom. The largest absolute Gasteiger partial charge is 0.486 e. The Labute approximate surface area is 152 Å². The second kappa shape index (κ2) is 7.23. The van der Waals surface area contributed by atoms with Gasteiger partial charge in [-0.25, -0.2) is 4.39 Å². The molecule has 1 aliphatic rings. The predicted octanol–water partition coefficient (Wildman–Crippen LogP) is 3.55. The minimum absolute atomic E-state index is 0.0819. The Morgan fingerprint density at radius 2 is 1.76 bits per heavy atom. The molecule has 130 valence electrons. The number of carbonyl (C=O) groups excluding carboxylic acids is 2. The number of anilines is 1. The minimum atomic E-state index is -0.631. The summed E-state index contributed by atoms with van der Waals surface area (Å²) >= 11 is 3.18. The van der Waals surface area contributed by atoms with Crippen LogP contribution in [-0.4, -0.2) is 29.7 Å². The summed E-state index contributed by atoms with van der Waals surface area (Å²) in [5.74, 6) is -0.704. The fraction of sp³-hybridized carbons (Fsp3) is 0.222. The molecule has 7 heteroatoms. The lowest BCUT2D eigenvalue weighted by Crippen LogP contribution is -2.23. The zero-order valence-corrected chi connectivity index (χ0v) is 14.9. The van der Waals surface area contributed by atoms with Gasteiger partial charge in [-0.3, -0.25) is 9.59 Å². The monoisotopic (exact) mass is 407 g/mol. The van der Waals surface area contributed by atoms with E-state index in [4.69, 9.17) is 9.47 Å². The van der Waals surface area contributed by atoms with Crippen LogP contribution in [0.1, 0.15) is 22.8 Å². The fourth-order valence-electron chi connectivity index (χ4n) is 2.40. The highest BCUT2D eigenvalue weighted by Crippen LogP contribution is 2.37. The molecular formula is C18H15BrFNO4. The Hall–Kier alpha value is -2.41. The van der Waals surface area contributed by atoms with E-state index < -0.39 is 16.4 Å². The molecule has 1 unspecified atom stereocenters. The molecule has 3 rings (SSSR count). The number of alkyl halides is 1. The van der Waals surface area contributed by atoms with Crippen LogP contribution in [0.2, 0.25) is 0 Å². The van der Waals surface area contributed by atoms with Gasteiger partial charge < -0.3 is 14.8 Å². The Bertz CT molecular complexity index is 838. The van der Waals surface area contributed by atoms with Crippen LogP contribution in [0.5, 0.6) is 11.5 Å².